The lowest BCUT2D eigenvalue weighted by Crippen LogP contribution is -2.24. The van der Waals surface area contributed by atoms with E-state index in [2.05, 4.69) is 0 Å². The second kappa shape index (κ2) is 3.27. The van der Waals surface area contributed by atoms with Crippen molar-refractivity contribution >= 4 is 17.6 Å². The smallest absolute Gasteiger partial charge is 0.163 e. The molecule has 0 amide bonds. The summed E-state index contributed by atoms with van der Waals surface area (Å²) in [6.45, 7) is 0. The van der Waals surface area contributed by atoms with Gasteiger partial charge in [-0.1, -0.05) is 0 Å². The lowest BCUT2D eigenvalue weighted by Gasteiger charge is -2.25. The molecule has 2 rings (SSSR count). The highest BCUT2D eigenvalue weighted by Crippen LogP contribution is 2.29. The van der Waals surface area contributed by atoms with Gasteiger partial charge in [0.2, 0.25) is 0 Å². The van der Waals surface area contributed by atoms with Crippen molar-refractivity contribution in [3.05, 3.63) is 16.3 Å². The van der Waals surface area contributed by atoms with Crippen LogP contribution in [0.3, 0.4) is 0 Å². The van der Waals surface area contributed by atoms with Crippen LogP contribution in [0.1, 0.15) is 28.9 Å². The summed E-state index contributed by atoms with van der Waals surface area (Å²) in [7, 11) is 0. The Balaban J connectivity index is 2.05. The van der Waals surface area contributed by atoms with E-state index in [1.807, 2.05) is 11.4 Å². The summed E-state index contributed by atoms with van der Waals surface area (Å²) >= 11 is 1.43. The third-order valence-corrected chi connectivity index (χ3v) is 2.93. The van der Waals surface area contributed by atoms with E-state index in [4.69, 9.17) is 4.74 Å². The van der Waals surface area contributed by atoms with Crippen LogP contribution in [0.25, 0.3) is 0 Å². The maximum Gasteiger partial charge on any atom is 0.163 e. The van der Waals surface area contributed by atoms with Crippen molar-refractivity contribution in [2.45, 2.75) is 25.4 Å². The molecule has 0 saturated heterocycles. The van der Waals surface area contributed by atoms with Crippen molar-refractivity contribution in [2.24, 2.45) is 0 Å². The van der Waals surface area contributed by atoms with Crippen molar-refractivity contribution in [2.75, 3.05) is 0 Å². The molecule has 3 heteroatoms. The number of aldehydes is 1. The molecule has 0 bridgehead atoms. The molecule has 1 fully saturated rings. The highest BCUT2D eigenvalue weighted by molar-refractivity contribution is 7.12. The van der Waals surface area contributed by atoms with E-state index < -0.39 is 0 Å². The van der Waals surface area contributed by atoms with E-state index in [-0.39, 0.29) is 0 Å². The van der Waals surface area contributed by atoms with Crippen molar-refractivity contribution in [1.29, 1.82) is 0 Å². The number of hydrogen-bond donors (Lipinski definition) is 0. The fourth-order valence-electron chi connectivity index (χ4n) is 1.16. The van der Waals surface area contributed by atoms with Crippen LogP contribution in [0.5, 0.6) is 5.75 Å². The SMILES string of the molecule is O=Cc1sccc1OC1CCC1. The third-order valence-electron chi connectivity index (χ3n) is 2.11. The topological polar surface area (TPSA) is 26.3 Å². The number of carbonyl (C=O) groups excluding carboxylic acids is 1. The van der Waals surface area contributed by atoms with Crippen LogP contribution in [0, 0.1) is 0 Å². The molecular weight excluding hydrogens is 172 g/mol. The number of carbonyl (C=O) groups is 1. The van der Waals surface area contributed by atoms with Crippen LogP contribution < -0.4 is 4.74 Å². The van der Waals surface area contributed by atoms with Gasteiger partial charge in [0, 0.05) is 0 Å². The number of thiophene rings is 1. The Kier molecular flexibility index (Phi) is 2.13. The van der Waals surface area contributed by atoms with Crippen LogP contribution in [0.4, 0.5) is 0 Å². The molecule has 1 aromatic rings. The summed E-state index contributed by atoms with van der Waals surface area (Å²) in [5, 5.41) is 1.89. The molecule has 1 aliphatic rings. The van der Waals surface area contributed by atoms with Crippen molar-refractivity contribution < 1.29 is 9.53 Å². The summed E-state index contributed by atoms with van der Waals surface area (Å²) in [4.78, 5) is 11.2. The molecule has 1 heterocycles. The lowest BCUT2D eigenvalue weighted by atomic mass is 9.96. The Morgan fingerprint density at radius 2 is 2.42 bits per heavy atom. The van der Waals surface area contributed by atoms with Gasteiger partial charge in [-0.25, -0.2) is 0 Å². The maximum atomic E-state index is 10.5. The Labute approximate surface area is 75.2 Å². The standard InChI is InChI=1S/C9H10O2S/c10-6-9-8(4-5-12-9)11-7-2-1-3-7/h4-7H,1-3H2. The first kappa shape index (κ1) is 7.80. The molecule has 1 aromatic heterocycles. The molecule has 0 spiro atoms. The number of ether oxygens (including phenoxy) is 1. The van der Waals surface area contributed by atoms with Gasteiger partial charge in [0.25, 0.3) is 0 Å². The van der Waals surface area contributed by atoms with Crippen LogP contribution in [-0.4, -0.2) is 12.4 Å². The Bertz CT molecular complexity index is 276. The summed E-state index contributed by atoms with van der Waals surface area (Å²) in [6, 6.07) is 1.87. The first-order chi connectivity index (χ1) is 5.90. The fraction of sp³-hybridized carbons (Fsp3) is 0.444. The van der Waals surface area contributed by atoms with Gasteiger partial charge in [0.15, 0.2) is 6.29 Å². The lowest BCUT2D eigenvalue weighted by molar-refractivity contribution is 0.108. The molecule has 0 radical (unpaired) electrons. The average molecular weight is 182 g/mol. The minimum absolute atomic E-state index is 0.360. The summed E-state index contributed by atoms with van der Waals surface area (Å²) in [5.41, 5.74) is 0. The Morgan fingerprint density at radius 1 is 1.58 bits per heavy atom. The van der Waals surface area contributed by atoms with Gasteiger partial charge in [-0.3, -0.25) is 4.79 Å². The Morgan fingerprint density at radius 3 is 3.00 bits per heavy atom. The van der Waals surface area contributed by atoms with Crippen LogP contribution in [0.2, 0.25) is 0 Å². The maximum absolute atomic E-state index is 10.5. The summed E-state index contributed by atoms with van der Waals surface area (Å²) in [6.07, 6.45) is 4.74. The molecule has 0 atom stereocenters. The third kappa shape index (κ3) is 1.37. The average Bonchev–Trinajstić information content (AvgIpc) is 2.43. The van der Waals surface area contributed by atoms with Crippen molar-refractivity contribution in [3.8, 4) is 5.75 Å². The highest BCUT2D eigenvalue weighted by Gasteiger charge is 2.20. The highest BCUT2D eigenvalue weighted by atomic mass is 32.1. The van der Waals surface area contributed by atoms with E-state index >= 15 is 0 Å². The van der Waals surface area contributed by atoms with Gasteiger partial charge in [0.05, 0.1) is 6.10 Å². The minimum atomic E-state index is 0.360. The van der Waals surface area contributed by atoms with Gasteiger partial charge in [0.1, 0.15) is 10.6 Å². The van der Waals surface area contributed by atoms with E-state index in [1.165, 1.54) is 17.8 Å². The second-order valence-electron chi connectivity index (χ2n) is 2.94. The number of rotatable bonds is 3. The monoisotopic (exact) mass is 182 g/mol. The Hall–Kier alpha value is -0.830. The van der Waals surface area contributed by atoms with E-state index in [1.54, 1.807) is 0 Å². The van der Waals surface area contributed by atoms with E-state index in [0.717, 1.165) is 24.9 Å². The van der Waals surface area contributed by atoms with Gasteiger partial charge in [-0.15, -0.1) is 11.3 Å². The quantitative estimate of drug-likeness (QED) is 0.671. The van der Waals surface area contributed by atoms with Gasteiger partial charge in [-0.2, -0.15) is 0 Å². The first-order valence-corrected chi connectivity index (χ1v) is 4.97. The molecule has 64 valence electrons. The fourth-order valence-corrected chi connectivity index (χ4v) is 1.79. The zero-order valence-electron chi connectivity index (χ0n) is 6.66. The minimum Gasteiger partial charge on any atom is -0.489 e. The molecule has 0 N–H and O–H groups in total. The molecule has 1 aliphatic carbocycles. The predicted octanol–water partition coefficient (Wildman–Crippen LogP) is 2.49. The van der Waals surface area contributed by atoms with Gasteiger partial charge >= 0.3 is 0 Å². The molecule has 2 nitrogen and oxygen atoms in total. The molecule has 1 saturated carbocycles. The molecule has 0 aliphatic heterocycles. The van der Waals surface area contributed by atoms with Crippen molar-refractivity contribution in [3.63, 3.8) is 0 Å². The van der Waals surface area contributed by atoms with Crippen LogP contribution in [-0.2, 0) is 0 Å². The molecule has 12 heavy (non-hydrogen) atoms. The second-order valence-corrected chi connectivity index (χ2v) is 3.89. The van der Waals surface area contributed by atoms with Gasteiger partial charge < -0.3 is 4.74 Å². The van der Waals surface area contributed by atoms with Gasteiger partial charge in [-0.05, 0) is 30.7 Å². The number of hydrogen-bond acceptors (Lipinski definition) is 3. The first-order valence-electron chi connectivity index (χ1n) is 4.09. The van der Waals surface area contributed by atoms with E-state index in [9.17, 15) is 4.79 Å². The molecule has 0 unspecified atom stereocenters. The van der Waals surface area contributed by atoms with Crippen LogP contribution >= 0.6 is 11.3 Å². The summed E-state index contributed by atoms with van der Waals surface area (Å²) < 4.78 is 5.59. The normalized spacial score (nSPS) is 17.0. The van der Waals surface area contributed by atoms with E-state index in [0.29, 0.717) is 11.0 Å². The molecule has 0 aromatic carbocycles. The predicted molar refractivity (Wildman–Crippen MR) is 48.0 cm³/mol. The van der Waals surface area contributed by atoms with Crippen LogP contribution in [0.15, 0.2) is 11.4 Å². The summed E-state index contributed by atoms with van der Waals surface area (Å²) in [5.74, 6) is 0.764. The zero-order chi connectivity index (χ0) is 8.39. The zero-order valence-corrected chi connectivity index (χ0v) is 7.47. The van der Waals surface area contributed by atoms with Crippen molar-refractivity contribution in [1.82, 2.24) is 0 Å². The largest absolute Gasteiger partial charge is 0.489 e. The molecular formula is C9H10O2S.